The Hall–Kier alpha value is 0.380. The third-order valence-corrected chi connectivity index (χ3v) is 5.24. The highest BCUT2D eigenvalue weighted by atomic mass is 32.2. The fourth-order valence-electron chi connectivity index (χ4n) is 2.65. The van der Waals surface area contributed by atoms with Crippen LogP contribution < -0.4 is 0 Å². The summed E-state index contributed by atoms with van der Waals surface area (Å²) in [5, 5.41) is 9.12. The first kappa shape index (κ1) is 29.6. The highest BCUT2D eigenvalue weighted by Crippen LogP contribution is 2.25. The SMILES string of the molecule is CCCCCCCCCCCCCCSCC(CO)OCC.O=P(O)(O)O. The molecule has 0 spiro atoms. The quantitative estimate of drug-likeness (QED) is 0.181. The van der Waals surface area contributed by atoms with Crippen LogP contribution in [-0.4, -0.2) is 50.6 Å². The molecule has 0 aliphatic carbocycles. The smallest absolute Gasteiger partial charge is 0.394 e. The molecule has 8 heteroatoms. The Morgan fingerprint density at radius 3 is 1.59 bits per heavy atom. The molecule has 0 aliphatic heterocycles. The Morgan fingerprint density at radius 1 is 0.815 bits per heavy atom. The molecule has 0 aliphatic rings. The topological polar surface area (TPSA) is 107 Å². The van der Waals surface area contributed by atoms with E-state index in [2.05, 4.69) is 6.92 Å². The van der Waals surface area contributed by atoms with Crippen LogP contribution in [0.3, 0.4) is 0 Å². The molecule has 0 rings (SSSR count). The van der Waals surface area contributed by atoms with Crippen molar-refractivity contribution in [2.75, 3.05) is 24.7 Å². The summed E-state index contributed by atoms with van der Waals surface area (Å²) in [6.45, 7) is 5.12. The molecule has 0 radical (unpaired) electrons. The molecule has 0 fully saturated rings. The van der Waals surface area contributed by atoms with E-state index in [1.165, 1.54) is 82.8 Å². The molecule has 0 aromatic rings. The third-order valence-electron chi connectivity index (χ3n) is 4.05. The van der Waals surface area contributed by atoms with Crippen molar-refractivity contribution in [3.05, 3.63) is 0 Å². The van der Waals surface area contributed by atoms with Gasteiger partial charge >= 0.3 is 7.82 Å². The van der Waals surface area contributed by atoms with Crippen molar-refractivity contribution < 1.29 is 29.1 Å². The van der Waals surface area contributed by atoms with Gasteiger partial charge in [0.25, 0.3) is 0 Å². The van der Waals surface area contributed by atoms with Crippen LogP contribution in [0.1, 0.15) is 90.9 Å². The standard InChI is InChI=1S/C19H40O2S.H3O4P/c1-3-5-6-7-8-9-10-11-12-13-14-15-16-22-18-19(17-20)21-4-2;1-5(2,3)4/h19-20H,3-18H2,1-2H3;(H3,1,2,3,4). The average Bonchev–Trinajstić information content (AvgIpc) is 2.59. The Kier molecular flexibility index (Phi) is 24.8. The van der Waals surface area contributed by atoms with E-state index in [0.29, 0.717) is 6.61 Å². The average molecular weight is 431 g/mol. The van der Waals surface area contributed by atoms with Gasteiger partial charge in [-0.05, 0) is 19.1 Å². The van der Waals surface area contributed by atoms with E-state index in [4.69, 9.17) is 29.1 Å². The molecule has 0 aromatic heterocycles. The lowest BCUT2D eigenvalue weighted by Crippen LogP contribution is -2.20. The molecule has 0 aromatic carbocycles. The van der Waals surface area contributed by atoms with Crippen LogP contribution in [-0.2, 0) is 9.30 Å². The summed E-state index contributed by atoms with van der Waals surface area (Å²) in [5.41, 5.74) is 0. The van der Waals surface area contributed by atoms with E-state index in [9.17, 15) is 0 Å². The minimum atomic E-state index is -4.64. The van der Waals surface area contributed by atoms with Gasteiger partial charge in [-0.15, -0.1) is 0 Å². The molecule has 0 saturated carbocycles. The van der Waals surface area contributed by atoms with Crippen LogP contribution in [0.25, 0.3) is 0 Å². The number of hydrogen-bond donors (Lipinski definition) is 4. The first-order valence-corrected chi connectivity index (χ1v) is 13.2. The van der Waals surface area contributed by atoms with Crippen LogP contribution in [0.15, 0.2) is 0 Å². The lowest BCUT2D eigenvalue weighted by Gasteiger charge is -2.13. The third kappa shape index (κ3) is 34.3. The molecule has 6 nitrogen and oxygen atoms in total. The molecule has 0 amide bonds. The fourth-order valence-corrected chi connectivity index (χ4v) is 3.69. The summed E-state index contributed by atoms with van der Waals surface area (Å²) in [5.74, 6) is 2.14. The second-order valence-corrected chi connectivity index (χ2v) is 8.91. The summed E-state index contributed by atoms with van der Waals surface area (Å²) < 4.78 is 14.3. The van der Waals surface area contributed by atoms with Crippen LogP contribution in [0.5, 0.6) is 0 Å². The van der Waals surface area contributed by atoms with Gasteiger partial charge in [0.15, 0.2) is 0 Å². The number of aliphatic hydroxyl groups is 1. The van der Waals surface area contributed by atoms with E-state index < -0.39 is 7.82 Å². The molecule has 166 valence electrons. The van der Waals surface area contributed by atoms with Crippen LogP contribution in [0.4, 0.5) is 0 Å². The Balaban J connectivity index is 0. The molecule has 0 bridgehead atoms. The minimum Gasteiger partial charge on any atom is -0.394 e. The zero-order valence-electron chi connectivity index (χ0n) is 17.4. The highest BCUT2D eigenvalue weighted by molar-refractivity contribution is 7.99. The number of hydrogen-bond acceptors (Lipinski definition) is 4. The summed E-state index contributed by atoms with van der Waals surface area (Å²) in [7, 11) is -4.64. The molecule has 0 heterocycles. The zero-order chi connectivity index (χ0) is 20.8. The maximum Gasteiger partial charge on any atom is 0.466 e. The van der Waals surface area contributed by atoms with Crippen molar-refractivity contribution in [3.8, 4) is 0 Å². The van der Waals surface area contributed by atoms with Crippen molar-refractivity contribution in [3.63, 3.8) is 0 Å². The summed E-state index contributed by atoms with van der Waals surface area (Å²) in [6, 6.07) is 0. The number of phosphoric acid groups is 1. The van der Waals surface area contributed by atoms with Gasteiger partial charge in [-0.3, -0.25) is 0 Å². The van der Waals surface area contributed by atoms with Gasteiger partial charge in [0.1, 0.15) is 0 Å². The first-order valence-electron chi connectivity index (χ1n) is 10.4. The van der Waals surface area contributed by atoms with Crippen LogP contribution in [0, 0.1) is 0 Å². The molecule has 1 unspecified atom stereocenters. The van der Waals surface area contributed by atoms with Gasteiger partial charge in [-0.1, -0.05) is 77.6 Å². The largest absolute Gasteiger partial charge is 0.466 e. The van der Waals surface area contributed by atoms with Gasteiger partial charge in [-0.2, -0.15) is 11.8 Å². The summed E-state index contributed by atoms with van der Waals surface area (Å²) in [6.07, 6.45) is 16.9. The van der Waals surface area contributed by atoms with E-state index >= 15 is 0 Å². The van der Waals surface area contributed by atoms with Crippen LogP contribution >= 0.6 is 19.6 Å². The van der Waals surface area contributed by atoms with Crippen molar-refractivity contribution in [2.24, 2.45) is 0 Å². The van der Waals surface area contributed by atoms with E-state index in [-0.39, 0.29) is 12.7 Å². The van der Waals surface area contributed by atoms with E-state index in [1.54, 1.807) is 0 Å². The molecule has 27 heavy (non-hydrogen) atoms. The first-order chi connectivity index (χ1) is 12.8. The predicted octanol–water partition coefficient (Wildman–Crippen LogP) is 4.89. The Morgan fingerprint density at radius 2 is 1.22 bits per heavy atom. The minimum absolute atomic E-state index is 0.0346. The second-order valence-electron chi connectivity index (χ2n) is 6.74. The second kappa shape index (κ2) is 22.7. The van der Waals surface area contributed by atoms with Crippen LogP contribution in [0.2, 0.25) is 0 Å². The maximum absolute atomic E-state index is 9.12. The van der Waals surface area contributed by atoms with Crippen molar-refractivity contribution in [1.29, 1.82) is 0 Å². The van der Waals surface area contributed by atoms with E-state index in [0.717, 1.165) is 5.75 Å². The normalized spacial score (nSPS) is 12.5. The summed E-state index contributed by atoms with van der Waals surface area (Å²) >= 11 is 1.92. The number of unbranched alkanes of at least 4 members (excludes halogenated alkanes) is 11. The van der Waals surface area contributed by atoms with Gasteiger partial charge in [0, 0.05) is 12.4 Å². The Labute approximate surface area is 170 Å². The number of rotatable bonds is 18. The number of aliphatic hydroxyl groups excluding tert-OH is 1. The summed E-state index contributed by atoms with van der Waals surface area (Å²) in [4.78, 5) is 21.6. The molecule has 0 saturated heterocycles. The fraction of sp³-hybridized carbons (Fsp3) is 1.00. The van der Waals surface area contributed by atoms with Gasteiger partial charge in [-0.25, -0.2) is 4.57 Å². The maximum atomic E-state index is 9.12. The van der Waals surface area contributed by atoms with Gasteiger partial charge in [0.05, 0.1) is 12.7 Å². The number of thioether (sulfide) groups is 1. The van der Waals surface area contributed by atoms with Gasteiger partial charge in [0.2, 0.25) is 0 Å². The van der Waals surface area contributed by atoms with Gasteiger partial charge < -0.3 is 24.5 Å². The molecule has 1 atom stereocenters. The van der Waals surface area contributed by atoms with Crippen molar-refractivity contribution in [2.45, 2.75) is 97.0 Å². The Bertz CT molecular complexity index is 319. The molecular formula is C19H43O6PS. The molecule has 4 N–H and O–H groups in total. The van der Waals surface area contributed by atoms with E-state index in [1.807, 2.05) is 18.7 Å². The predicted molar refractivity (Wildman–Crippen MR) is 115 cm³/mol. The monoisotopic (exact) mass is 430 g/mol. The van der Waals surface area contributed by atoms with Crippen molar-refractivity contribution in [1.82, 2.24) is 0 Å². The molecular weight excluding hydrogens is 387 g/mol. The zero-order valence-corrected chi connectivity index (χ0v) is 19.1. The van der Waals surface area contributed by atoms with Crippen molar-refractivity contribution >= 4 is 19.6 Å². The number of ether oxygens (including phenoxy) is 1. The highest BCUT2D eigenvalue weighted by Gasteiger charge is 2.05. The lowest BCUT2D eigenvalue weighted by atomic mass is 10.1. The lowest BCUT2D eigenvalue weighted by molar-refractivity contribution is 0.0356.